The van der Waals surface area contributed by atoms with Gasteiger partial charge in [0.25, 0.3) is 0 Å². The lowest BCUT2D eigenvalue weighted by Crippen LogP contribution is -2.48. The molecule has 44 heavy (non-hydrogen) atoms. The summed E-state index contributed by atoms with van der Waals surface area (Å²) in [6.45, 7) is 8.37. The lowest BCUT2D eigenvalue weighted by Gasteiger charge is -2.38. The number of aromatic nitrogens is 2. The molecule has 0 radical (unpaired) electrons. The van der Waals surface area contributed by atoms with Crippen molar-refractivity contribution in [2.24, 2.45) is 5.92 Å². The molecule has 3 amide bonds. The van der Waals surface area contributed by atoms with Gasteiger partial charge in [0.15, 0.2) is 0 Å². The molecule has 2 saturated heterocycles. The minimum atomic E-state index is -0.320. The van der Waals surface area contributed by atoms with Gasteiger partial charge >= 0.3 is 12.1 Å². The Morgan fingerprint density at radius 3 is 2.27 bits per heavy atom. The number of nitrogens with one attached hydrogen (secondary N) is 2. The topological polar surface area (TPSA) is 88.5 Å². The van der Waals surface area contributed by atoms with Crippen LogP contribution in [0.4, 0.5) is 21.1 Å². The van der Waals surface area contributed by atoms with Gasteiger partial charge in [-0.3, -0.25) is 5.32 Å². The minimum absolute atomic E-state index is 0.172. The van der Waals surface area contributed by atoms with E-state index < -0.39 is 0 Å². The van der Waals surface area contributed by atoms with E-state index in [0.29, 0.717) is 17.5 Å². The lowest BCUT2D eigenvalue weighted by molar-refractivity contribution is 0.0903. The van der Waals surface area contributed by atoms with Crippen molar-refractivity contribution in [3.63, 3.8) is 0 Å². The average molecular weight is 592 g/mol. The maximum Gasteiger partial charge on any atom is 0.415 e. The van der Waals surface area contributed by atoms with Crippen LogP contribution in [0, 0.1) is 12.8 Å². The molecule has 8 nitrogen and oxygen atoms in total. The highest BCUT2D eigenvalue weighted by atomic mass is 16.6. The van der Waals surface area contributed by atoms with Crippen LogP contribution in [0.2, 0.25) is 0 Å². The van der Waals surface area contributed by atoms with Crippen molar-refractivity contribution >= 4 is 23.6 Å². The van der Waals surface area contributed by atoms with E-state index in [1.54, 1.807) is 4.68 Å². The first kappa shape index (κ1) is 29.5. The summed E-state index contributed by atoms with van der Waals surface area (Å²) in [7, 11) is 0. The number of para-hydroxylation sites is 1. The second kappa shape index (κ2) is 12.2. The molecule has 2 aliphatic heterocycles. The number of urea groups is 1. The molecule has 2 bridgehead atoms. The zero-order valence-corrected chi connectivity index (χ0v) is 25.9. The van der Waals surface area contributed by atoms with Crippen molar-refractivity contribution in [3.05, 3.63) is 102 Å². The molecular weight excluding hydrogens is 550 g/mol. The summed E-state index contributed by atoms with van der Waals surface area (Å²) in [5, 5.41) is 10.9. The fourth-order valence-electron chi connectivity index (χ4n) is 6.50. The number of anilines is 2. The molecule has 6 rings (SSSR count). The number of hydrogen-bond donors (Lipinski definition) is 2. The van der Waals surface area contributed by atoms with E-state index in [4.69, 9.17) is 9.84 Å². The van der Waals surface area contributed by atoms with Crippen molar-refractivity contribution < 1.29 is 14.3 Å². The van der Waals surface area contributed by atoms with Crippen LogP contribution in [0.5, 0.6) is 5.75 Å². The highest BCUT2D eigenvalue weighted by Gasteiger charge is 2.44. The average Bonchev–Trinajstić information content (AvgIpc) is 3.52. The highest BCUT2D eigenvalue weighted by molar-refractivity contribution is 5.99. The number of amides is 3. The Bertz CT molecular complexity index is 1610. The lowest BCUT2D eigenvalue weighted by atomic mass is 9.86. The summed E-state index contributed by atoms with van der Waals surface area (Å²) in [5.74, 6) is 1.67. The number of ether oxygens (including phenoxy) is 1. The number of fused-ring (bicyclic) bond motifs is 2. The Balaban J connectivity index is 1.09. The summed E-state index contributed by atoms with van der Waals surface area (Å²) in [6.07, 6.45) is 4.61. The van der Waals surface area contributed by atoms with Gasteiger partial charge in [-0.05, 0) is 86.9 Å². The van der Waals surface area contributed by atoms with E-state index >= 15 is 0 Å². The fraction of sp³-hybridized carbons (Fsp3) is 0.361. The first-order valence-electron chi connectivity index (χ1n) is 15.5. The van der Waals surface area contributed by atoms with Gasteiger partial charge in [-0.1, -0.05) is 68.8 Å². The van der Waals surface area contributed by atoms with Gasteiger partial charge in [0.2, 0.25) is 0 Å². The van der Waals surface area contributed by atoms with Gasteiger partial charge in [0, 0.05) is 29.3 Å². The monoisotopic (exact) mass is 591 g/mol. The smallest absolute Gasteiger partial charge is 0.410 e. The second-order valence-corrected chi connectivity index (χ2v) is 13.2. The van der Waals surface area contributed by atoms with E-state index in [0.717, 1.165) is 54.7 Å². The van der Waals surface area contributed by atoms with Crippen LogP contribution in [0.1, 0.15) is 63.3 Å². The molecule has 4 aromatic rings. The predicted octanol–water partition coefficient (Wildman–Crippen LogP) is 8.11. The summed E-state index contributed by atoms with van der Waals surface area (Å²) in [4.78, 5) is 28.2. The molecule has 2 N–H and O–H groups in total. The minimum Gasteiger partial charge on any atom is -0.410 e. The second-order valence-electron chi connectivity index (χ2n) is 13.2. The fourth-order valence-corrected chi connectivity index (χ4v) is 6.50. The summed E-state index contributed by atoms with van der Waals surface area (Å²) in [5.41, 5.74) is 4.68. The number of benzene rings is 3. The number of carbonyl (C=O) groups is 2. The molecule has 0 spiro atoms. The molecule has 2 fully saturated rings. The molecular formula is C36H41N5O3. The number of carbonyl (C=O) groups excluding carboxylic acids is 2. The van der Waals surface area contributed by atoms with Crippen molar-refractivity contribution in [2.45, 2.75) is 77.3 Å². The third kappa shape index (κ3) is 6.64. The van der Waals surface area contributed by atoms with Gasteiger partial charge in [0.05, 0.1) is 11.4 Å². The van der Waals surface area contributed by atoms with Gasteiger partial charge in [-0.2, -0.15) is 5.10 Å². The van der Waals surface area contributed by atoms with Gasteiger partial charge in [-0.15, -0.1) is 0 Å². The van der Waals surface area contributed by atoms with Crippen LogP contribution in [-0.2, 0) is 11.8 Å². The Labute approximate surface area is 259 Å². The SMILES string of the molecule is Cc1ccc(-n2nc(C(C)(C)C)cc2NC(=O)Nc2cccc(CC3CC4CCC(C3)N4C(=O)Oc3ccccc3)c2)cc1. The van der Waals surface area contributed by atoms with Crippen molar-refractivity contribution in [1.82, 2.24) is 14.7 Å². The van der Waals surface area contributed by atoms with Crippen molar-refractivity contribution in [1.29, 1.82) is 0 Å². The molecule has 1 aromatic heterocycles. The maximum atomic E-state index is 13.2. The van der Waals surface area contributed by atoms with Crippen LogP contribution in [0.25, 0.3) is 5.69 Å². The van der Waals surface area contributed by atoms with E-state index in [9.17, 15) is 9.59 Å². The largest absolute Gasteiger partial charge is 0.415 e. The Morgan fingerprint density at radius 1 is 0.886 bits per heavy atom. The van der Waals surface area contributed by atoms with E-state index in [-0.39, 0.29) is 29.6 Å². The molecule has 8 heteroatoms. The van der Waals surface area contributed by atoms with E-state index in [1.807, 2.05) is 84.6 Å². The standard InChI is InChI=1S/C36H41N5O3/c1-24-13-15-28(16-14-24)41-33(23-32(39-41)36(2,3)4)38-34(42)37-27-10-8-9-25(20-27)19-26-21-29-17-18-30(22-26)40(29)35(43)44-31-11-6-5-7-12-31/h5-16,20,23,26,29-30H,17-19,21-22H2,1-4H3,(H2,37,38,42). The maximum absolute atomic E-state index is 13.2. The molecule has 228 valence electrons. The van der Waals surface area contributed by atoms with Crippen molar-refractivity contribution in [2.75, 3.05) is 10.6 Å². The first-order valence-corrected chi connectivity index (χ1v) is 15.5. The number of aryl methyl sites for hydroxylation is 1. The van der Waals surface area contributed by atoms with Crippen molar-refractivity contribution in [3.8, 4) is 11.4 Å². The third-order valence-electron chi connectivity index (χ3n) is 8.70. The Morgan fingerprint density at radius 2 is 1.59 bits per heavy atom. The van der Waals surface area contributed by atoms with Gasteiger partial charge in [-0.25, -0.2) is 14.3 Å². The normalized spacial score (nSPS) is 19.5. The molecule has 2 aliphatic rings. The van der Waals surface area contributed by atoms with Gasteiger partial charge < -0.3 is 15.0 Å². The van der Waals surface area contributed by atoms with Crippen LogP contribution < -0.4 is 15.4 Å². The van der Waals surface area contributed by atoms with Crippen LogP contribution in [0.3, 0.4) is 0 Å². The summed E-state index contributed by atoms with van der Waals surface area (Å²) < 4.78 is 7.46. The van der Waals surface area contributed by atoms with E-state index in [1.165, 1.54) is 5.56 Å². The summed E-state index contributed by atoms with van der Waals surface area (Å²) >= 11 is 0. The summed E-state index contributed by atoms with van der Waals surface area (Å²) in [6, 6.07) is 27.5. The highest BCUT2D eigenvalue weighted by Crippen LogP contribution is 2.40. The molecule has 3 heterocycles. The number of nitrogens with zero attached hydrogens (tertiary/aromatic N) is 3. The van der Waals surface area contributed by atoms with Crippen LogP contribution >= 0.6 is 0 Å². The Hall–Kier alpha value is -4.59. The van der Waals surface area contributed by atoms with Crippen LogP contribution in [0.15, 0.2) is 84.9 Å². The first-order chi connectivity index (χ1) is 21.1. The Kier molecular flexibility index (Phi) is 8.17. The zero-order chi connectivity index (χ0) is 30.8. The molecule has 0 saturated carbocycles. The number of piperidine rings is 1. The van der Waals surface area contributed by atoms with E-state index in [2.05, 4.69) is 43.5 Å². The zero-order valence-electron chi connectivity index (χ0n) is 25.9. The molecule has 2 unspecified atom stereocenters. The van der Waals surface area contributed by atoms with Gasteiger partial charge in [0.1, 0.15) is 11.6 Å². The quantitative estimate of drug-likeness (QED) is 0.237. The number of rotatable bonds is 6. The molecule has 2 atom stereocenters. The third-order valence-corrected chi connectivity index (χ3v) is 8.70. The molecule has 0 aliphatic carbocycles. The predicted molar refractivity (Wildman–Crippen MR) is 174 cm³/mol. The molecule has 3 aromatic carbocycles. The van der Waals surface area contributed by atoms with Crippen LogP contribution in [-0.4, -0.2) is 38.9 Å². The number of hydrogen-bond acceptors (Lipinski definition) is 4.